The van der Waals surface area contributed by atoms with E-state index in [9.17, 15) is 9.18 Å². The Morgan fingerprint density at radius 2 is 1.83 bits per heavy atom. The number of hydrogen-bond donors (Lipinski definition) is 2. The lowest BCUT2D eigenvalue weighted by atomic mass is 10.3. The van der Waals surface area contributed by atoms with Crippen LogP contribution in [0.5, 0.6) is 5.75 Å². The number of benzene rings is 2. The van der Waals surface area contributed by atoms with Gasteiger partial charge < -0.3 is 15.0 Å². The van der Waals surface area contributed by atoms with E-state index in [0.717, 1.165) is 23.6 Å². The average Bonchev–Trinajstić information content (AvgIpc) is 2.55. The maximum Gasteiger partial charge on any atom is 0.279 e. The molecule has 2 aromatic carbocycles. The summed E-state index contributed by atoms with van der Waals surface area (Å²) in [6.07, 6.45) is 0.803. The van der Waals surface area contributed by atoms with Gasteiger partial charge in [-0.15, -0.1) is 0 Å². The number of ether oxygens (including phenoxy) is 1. The van der Waals surface area contributed by atoms with Gasteiger partial charge >= 0.3 is 0 Å². The van der Waals surface area contributed by atoms with Crippen LogP contribution in [-0.2, 0) is 4.79 Å². The molecule has 24 heavy (non-hydrogen) atoms. The normalized spacial score (nSPS) is 11.8. The molecule has 4 nitrogen and oxygen atoms in total. The van der Waals surface area contributed by atoms with Gasteiger partial charge in [-0.05, 0) is 48.5 Å². The van der Waals surface area contributed by atoms with E-state index in [1.807, 2.05) is 7.05 Å². The van der Waals surface area contributed by atoms with Gasteiger partial charge in [0.1, 0.15) is 11.6 Å². The molecule has 0 bridgehead atoms. The van der Waals surface area contributed by atoms with Crippen LogP contribution in [-0.4, -0.2) is 32.7 Å². The molecule has 1 amide bonds. The minimum Gasteiger partial charge on any atom is -0.493 e. The van der Waals surface area contributed by atoms with E-state index in [2.05, 4.69) is 5.32 Å². The van der Waals surface area contributed by atoms with E-state index in [1.165, 1.54) is 12.1 Å². The van der Waals surface area contributed by atoms with Crippen molar-refractivity contribution in [3.8, 4) is 5.75 Å². The number of likely N-dealkylation sites (N-methyl/N-ethyl adjacent to an activating group) is 1. The van der Waals surface area contributed by atoms with Crippen molar-refractivity contribution in [3.63, 3.8) is 0 Å². The average molecular weight is 352 g/mol. The van der Waals surface area contributed by atoms with Crippen LogP contribution in [0.3, 0.4) is 0 Å². The number of carbonyl (C=O) groups is 1. The topological polar surface area (TPSA) is 42.8 Å². The third-order valence-electron chi connectivity index (χ3n) is 3.42. The molecular weight excluding hydrogens is 331 g/mol. The van der Waals surface area contributed by atoms with Crippen LogP contribution in [0.1, 0.15) is 6.42 Å². The molecule has 0 heterocycles. The van der Waals surface area contributed by atoms with Gasteiger partial charge in [0.15, 0.2) is 6.54 Å². The highest BCUT2D eigenvalue weighted by atomic mass is 35.5. The van der Waals surface area contributed by atoms with Crippen LogP contribution in [0.4, 0.5) is 10.1 Å². The molecule has 0 saturated heterocycles. The zero-order valence-corrected chi connectivity index (χ0v) is 14.3. The number of quaternary nitrogens is 1. The molecule has 0 aliphatic rings. The molecule has 1 unspecified atom stereocenters. The third kappa shape index (κ3) is 6.56. The summed E-state index contributed by atoms with van der Waals surface area (Å²) in [6.45, 7) is 1.70. The second-order valence-corrected chi connectivity index (χ2v) is 6.03. The highest BCUT2D eigenvalue weighted by Gasteiger charge is 2.10. The first-order valence-electron chi connectivity index (χ1n) is 7.78. The zero-order valence-electron chi connectivity index (χ0n) is 13.5. The molecule has 6 heteroatoms. The summed E-state index contributed by atoms with van der Waals surface area (Å²) in [5, 5.41) is 3.47. The summed E-state index contributed by atoms with van der Waals surface area (Å²) >= 11 is 5.81. The van der Waals surface area contributed by atoms with E-state index < -0.39 is 0 Å². The van der Waals surface area contributed by atoms with Gasteiger partial charge in [0.25, 0.3) is 5.91 Å². The van der Waals surface area contributed by atoms with Crippen molar-refractivity contribution in [2.24, 2.45) is 0 Å². The van der Waals surface area contributed by atoms with E-state index in [4.69, 9.17) is 16.3 Å². The van der Waals surface area contributed by atoms with Crippen molar-refractivity contribution in [2.45, 2.75) is 6.42 Å². The smallest absolute Gasteiger partial charge is 0.279 e. The quantitative estimate of drug-likeness (QED) is 0.717. The molecule has 0 aromatic heterocycles. The van der Waals surface area contributed by atoms with Gasteiger partial charge in [-0.3, -0.25) is 4.79 Å². The lowest BCUT2D eigenvalue weighted by Crippen LogP contribution is -3.10. The Morgan fingerprint density at radius 3 is 2.50 bits per heavy atom. The van der Waals surface area contributed by atoms with Crippen molar-refractivity contribution in [3.05, 3.63) is 59.4 Å². The van der Waals surface area contributed by atoms with Gasteiger partial charge in [0, 0.05) is 17.1 Å². The fourth-order valence-electron chi connectivity index (χ4n) is 2.20. The molecule has 0 saturated carbocycles. The number of nitrogens with one attached hydrogen (secondary N) is 2. The summed E-state index contributed by atoms with van der Waals surface area (Å²) in [6, 6.07) is 13.0. The highest BCUT2D eigenvalue weighted by molar-refractivity contribution is 6.30. The molecule has 2 rings (SSSR count). The Bertz CT molecular complexity index is 647. The summed E-state index contributed by atoms with van der Waals surface area (Å²) in [7, 11) is 1.96. The molecule has 0 spiro atoms. The minimum atomic E-state index is -0.279. The Morgan fingerprint density at radius 1 is 1.17 bits per heavy atom. The Labute approximate surface area is 146 Å². The van der Waals surface area contributed by atoms with Gasteiger partial charge in [0.2, 0.25) is 0 Å². The van der Waals surface area contributed by atoms with Gasteiger partial charge in [0.05, 0.1) is 20.2 Å². The number of amides is 1. The standard InChI is InChI=1S/C18H20ClFN2O2/c1-22(11-2-12-24-17-9-5-15(20)6-10-17)13-18(23)21-16-7-3-14(19)4-8-16/h3-10H,2,11-13H2,1H3,(H,21,23)/p+1. The number of hydrogen-bond acceptors (Lipinski definition) is 2. The van der Waals surface area contributed by atoms with Gasteiger partial charge in [-0.2, -0.15) is 0 Å². The molecule has 128 valence electrons. The van der Waals surface area contributed by atoms with Gasteiger partial charge in [-0.1, -0.05) is 11.6 Å². The summed E-state index contributed by atoms with van der Waals surface area (Å²) in [4.78, 5) is 13.0. The maximum atomic E-state index is 12.8. The number of anilines is 1. The predicted octanol–water partition coefficient (Wildman–Crippen LogP) is 2.40. The number of rotatable bonds is 8. The molecule has 0 radical (unpaired) electrons. The lowest BCUT2D eigenvalue weighted by Gasteiger charge is -2.14. The maximum absolute atomic E-state index is 12.8. The molecule has 1 atom stereocenters. The Balaban J connectivity index is 1.63. The zero-order chi connectivity index (χ0) is 17.4. The molecule has 0 aliphatic heterocycles. The van der Waals surface area contributed by atoms with Crippen LogP contribution in [0.2, 0.25) is 5.02 Å². The van der Waals surface area contributed by atoms with Crippen LogP contribution < -0.4 is 15.0 Å². The van der Waals surface area contributed by atoms with E-state index in [1.54, 1.807) is 36.4 Å². The van der Waals surface area contributed by atoms with Crippen LogP contribution in [0, 0.1) is 5.82 Å². The first-order chi connectivity index (χ1) is 11.5. The minimum absolute atomic E-state index is 0.0470. The monoisotopic (exact) mass is 351 g/mol. The molecule has 2 aromatic rings. The van der Waals surface area contributed by atoms with Crippen LogP contribution >= 0.6 is 11.6 Å². The van der Waals surface area contributed by atoms with Crippen molar-refractivity contribution < 1.29 is 18.8 Å². The van der Waals surface area contributed by atoms with Crippen molar-refractivity contribution in [2.75, 3.05) is 32.1 Å². The second kappa shape index (κ2) is 9.25. The largest absolute Gasteiger partial charge is 0.493 e. The molecule has 2 N–H and O–H groups in total. The summed E-state index contributed by atoms with van der Waals surface area (Å²) in [5.74, 6) is 0.321. The lowest BCUT2D eigenvalue weighted by molar-refractivity contribution is -0.871. The highest BCUT2D eigenvalue weighted by Crippen LogP contribution is 2.13. The second-order valence-electron chi connectivity index (χ2n) is 5.59. The third-order valence-corrected chi connectivity index (χ3v) is 3.67. The molecular formula is C18H21ClFN2O2+. The van der Waals surface area contributed by atoms with Crippen LogP contribution in [0.15, 0.2) is 48.5 Å². The Hall–Kier alpha value is -2.11. The van der Waals surface area contributed by atoms with E-state index in [0.29, 0.717) is 23.9 Å². The van der Waals surface area contributed by atoms with Crippen molar-refractivity contribution in [1.82, 2.24) is 0 Å². The fourth-order valence-corrected chi connectivity index (χ4v) is 2.32. The summed E-state index contributed by atoms with van der Waals surface area (Å²) in [5.41, 5.74) is 0.733. The first kappa shape index (κ1) is 18.2. The van der Waals surface area contributed by atoms with Crippen molar-refractivity contribution >= 4 is 23.2 Å². The molecule has 0 fully saturated rings. The van der Waals surface area contributed by atoms with Gasteiger partial charge in [-0.25, -0.2) is 4.39 Å². The molecule has 0 aliphatic carbocycles. The fraction of sp³-hybridized carbons (Fsp3) is 0.278. The van der Waals surface area contributed by atoms with Crippen LogP contribution in [0.25, 0.3) is 0 Å². The number of carbonyl (C=O) groups excluding carboxylic acids is 1. The SMILES string of the molecule is C[NH+](CCCOc1ccc(F)cc1)CC(=O)Nc1ccc(Cl)cc1. The van der Waals surface area contributed by atoms with Crippen molar-refractivity contribution in [1.29, 1.82) is 0 Å². The van der Waals surface area contributed by atoms with E-state index >= 15 is 0 Å². The number of halogens is 2. The summed E-state index contributed by atoms with van der Waals surface area (Å²) < 4.78 is 18.3. The first-order valence-corrected chi connectivity index (χ1v) is 8.16. The van der Waals surface area contributed by atoms with E-state index in [-0.39, 0.29) is 11.7 Å². The predicted molar refractivity (Wildman–Crippen MR) is 93.2 cm³/mol. The Kier molecular flexibility index (Phi) is 7.03.